The van der Waals surface area contributed by atoms with E-state index in [9.17, 15) is 24.8 Å². The number of carboxylic acid groups (broad SMARTS) is 1. The van der Waals surface area contributed by atoms with Crippen LogP contribution in [0.25, 0.3) is 0 Å². The van der Waals surface area contributed by atoms with Crippen LogP contribution in [0.15, 0.2) is 18.3 Å². The number of hydrogen-bond donors (Lipinski definition) is 1. The molecule has 0 saturated heterocycles. The van der Waals surface area contributed by atoms with E-state index in [2.05, 4.69) is 4.98 Å². The molecule has 0 spiro atoms. The Morgan fingerprint density at radius 1 is 1.42 bits per heavy atom. The minimum atomic E-state index is -1.96. The van der Waals surface area contributed by atoms with E-state index < -0.39 is 28.4 Å². The third-order valence-electron chi connectivity index (χ3n) is 3.90. The molecule has 0 aliphatic carbocycles. The molecular weight excluding hydrogens is 316 g/mol. The Morgan fingerprint density at radius 2 is 2.08 bits per heavy atom. The lowest BCUT2D eigenvalue weighted by molar-refractivity contribution is -0.385. The molecule has 0 radical (unpaired) electrons. The van der Waals surface area contributed by atoms with E-state index in [4.69, 9.17) is 4.74 Å². The minimum absolute atomic E-state index is 0.0128. The van der Waals surface area contributed by atoms with Gasteiger partial charge in [0.2, 0.25) is 5.41 Å². The van der Waals surface area contributed by atoms with E-state index >= 15 is 0 Å². The molecule has 132 valence electrons. The van der Waals surface area contributed by atoms with Gasteiger partial charge in [-0.2, -0.15) is 0 Å². The zero-order valence-corrected chi connectivity index (χ0v) is 14.0. The smallest absolute Gasteiger partial charge is 0.329 e. The predicted octanol–water partition coefficient (Wildman–Crippen LogP) is 2.84. The summed E-state index contributed by atoms with van der Waals surface area (Å²) in [5.41, 5.74) is -2.29. The number of carbonyl (C=O) groups is 2. The van der Waals surface area contributed by atoms with Gasteiger partial charge in [-0.05, 0) is 25.8 Å². The Kier molecular flexibility index (Phi) is 6.82. The Balaban J connectivity index is 3.36. The summed E-state index contributed by atoms with van der Waals surface area (Å²) in [5, 5.41) is 20.5. The van der Waals surface area contributed by atoms with Gasteiger partial charge >= 0.3 is 11.9 Å². The van der Waals surface area contributed by atoms with Gasteiger partial charge in [-0.25, -0.2) is 0 Å². The van der Waals surface area contributed by atoms with Crippen molar-refractivity contribution in [3.05, 3.63) is 34.1 Å². The Morgan fingerprint density at radius 3 is 2.50 bits per heavy atom. The van der Waals surface area contributed by atoms with Crippen molar-refractivity contribution in [1.29, 1.82) is 0 Å². The number of aromatic nitrogens is 1. The molecule has 0 saturated carbocycles. The third kappa shape index (κ3) is 4.06. The molecule has 1 aromatic rings. The summed E-state index contributed by atoms with van der Waals surface area (Å²) in [4.78, 5) is 38.6. The topological polar surface area (TPSA) is 120 Å². The average Bonchev–Trinajstić information content (AvgIpc) is 2.55. The summed E-state index contributed by atoms with van der Waals surface area (Å²) >= 11 is 0. The first-order valence-corrected chi connectivity index (χ1v) is 7.84. The number of carboxylic acids is 1. The summed E-state index contributed by atoms with van der Waals surface area (Å²) < 4.78 is 5.26. The second-order valence-corrected chi connectivity index (χ2v) is 5.60. The van der Waals surface area contributed by atoms with Gasteiger partial charge < -0.3 is 9.84 Å². The van der Waals surface area contributed by atoms with Crippen molar-refractivity contribution in [2.75, 3.05) is 0 Å². The lowest BCUT2D eigenvalue weighted by Crippen LogP contribution is -2.46. The first kappa shape index (κ1) is 19.5. The van der Waals surface area contributed by atoms with Crippen molar-refractivity contribution < 1.29 is 24.4 Å². The van der Waals surface area contributed by atoms with Gasteiger partial charge in [-0.15, -0.1) is 0 Å². The SMILES string of the molecule is CCCCC(C(=O)O)(C(=O)OC(C)CC)c1ccc([N+](=O)[O-])cn1. The first-order chi connectivity index (χ1) is 11.3. The number of rotatable bonds is 9. The molecule has 0 amide bonds. The van der Waals surface area contributed by atoms with Crippen LogP contribution in [0.5, 0.6) is 0 Å². The molecule has 1 heterocycles. The molecule has 0 bridgehead atoms. The van der Waals surface area contributed by atoms with E-state index in [-0.39, 0.29) is 17.8 Å². The molecule has 8 heteroatoms. The van der Waals surface area contributed by atoms with Gasteiger partial charge in [0.1, 0.15) is 6.20 Å². The van der Waals surface area contributed by atoms with Crippen molar-refractivity contribution in [3.63, 3.8) is 0 Å². The van der Waals surface area contributed by atoms with Crippen LogP contribution in [0.3, 0.4) is 0 Å². The molecule has 2 unspecified atom stereocenters. The van der Waals surface area contributed by atoms with Crippen LogP contribution >= 0.6 is 0 Å². The summed E-state index contributed by atoms with van der Waals surface area (Å²) in [7, 11) is 0. The van der Waals surface area contributed by atoms with Crippen LogP contribution in [0.1, 0.15) is 52.1 Å². The lowest BCUT2D eigenvalue weighted by Gasteiger charge is -2.28. The Hall–Kier alpha value is -2.51. The number of carbonyl (C=O) groups excluding carboxylic acids is 1. The second-order valence-electron chi connectivity index (χ2n) is 5.60. The summed E-state index contributed by atoms with van der Waals surface area (Å²) in [5.74, 6) is -2.26. The maximum atomic E-state index is 12.6. The molecule has 1 rings (SSSR count). The highest BCUT2D eigenvalue weighted by molar-refractivity contribution is 6.05. The highest BCUT2D eigenvalue weighted by atomic mass is 16.6. The van der Waals surface area contributed by atoms with Gasteiger partial charge in [0.25, 0.3) is 5.69 Å². The van der Waals surface area contributed by atoms with Crippen LogP contribution in [0.2, 0.25) is 0 Å². The third-order valence-corrected chi connectivity index (χ3v) is 3.90. The van der Waals surface area contributed by atoms with Gasteiger partial charge in [-0.3, -0.25) is 24.7 Å². The highest BCUT2D eigenvalue weighted by Gasteiger charge is 2.50. The average molecular weight is 338 g/mol. The fraction of sp³-hybridized carbons (Fsp3) is 0.562. The molecule has 1 N–H and O–H groups in total. The fourth-order valence-corrected chi connectivity index (χ4v) is 2.19. The van der Waals surface area contributed by atoms with Crippen LogP contribution in [-0.4, -0.2) is 33.1 Å². The van der Waals surface area contributed by atoms with Crippen molar-refractivity contribution in [2.45, 2.75) is 58.0 Å². The zero-order chi connectivity index (χ0) is 18.3. The number of hydrogen-bond acceptors (Lipinski definition) is 6. The van der Waals surface area contributed by atoms with Crippen LogP contribution in [0, 0.1) is 10.1 Å². The fourth-order valence-electron chi connectivity index (χ4n) is 2.19. The number of nitro groups is 1. The van der Waals surface area contributed by atoms with E-state index in [1.165, 1.54) is 6.07 Å². The van der Waals surface area contributed by atoms with Crippen LogP contribution < -0.4 is 0 Å². The second kappa shape index (κ2) is 8.37. The number of pyridine rings is 1. The highest BCUT2D eigenvalue weighted by Crippen LogP contribution is 2.32. The van der Waals surface area contributed by atoms with Gasteiger partial charge in [0.15, 0.2) is 0 Å². The number of esters is 1. The van der Waals surface area contributed by atoms with E-state index in [1.54, 1.807) is 6.92 Å². The number of unbranched alkanes of at least 4 members (excludes halogenated alkanes) is 1. The van der Waals surface area contributed by atoms with Crippen molar-refractivity contribution >= 4 is 17.6 Å². The molecule has 1 aromatic heterocycles. The molecule has 2 atom stereocenters. The van der Waals surface area contributed by atoms with Crippen molar-refractivity contribution in [1.82, 2.24) is 4.98 Å². The Bertz CT molecular complexity index is 601. The van der Waals surface area contributed by atoms with E-state index in [1.807, 2.05) is 13.8 Å². The van der Waals surface area contributed by atoms with Crippen LogP contribution in [-0.2, 0) is 19.7 Å². The predicted molar refractivity (Wildman–Crippen MR) is 85.6 cm³/mol. The van der Waals surface area contributed by atoms with Crippen molar-refractivity contribution in [2.24, 2.45) is 0 Å². The first-order valence-electron chi connectivity index (χ1n) is 7.84. The largest absolute Gasteiger partial charge is 0.480 e. The minimum Gasteiger partial charge on any atom is -0.480 e. The molecule has 0 aliphatic rings. The van der Waals surface area contributed by atoms with E-state index in [0.29, 0.717) is 19.3 Å². The van der Waals surface area contributed by atoms with Gasteiger partial charge in [0, 0.05) is 6.07 Å². The standard InChI is InChI=1S/C16H22N2O6/c1-4-6-9-16(14(19)20,15(21)24-11(3)5-2)13-8-7-12(10-17-13)18(22)23/h7-8,10-11H,4-6,9H2,1-3H3,(H,19,20). The molecule has 24 heavy (non-hydrogen) atoms. The van der Waals surface area contributed by atoms with Crippen molar-refractivity contribution in [3.8, 4) is 0 Å². The molecule has 0 fully saturated rings. The number of aliphatic carboxylic acids is 1. The maximum absolute atomic E-state index is 12.6. The molecular formula is C16H22N2O6. The molecule has 8 nitrogen and oxygen atoms in total. The molecule has 0 aromatic carbocycles. The van der Waals surface area contributed by atoms with Gasteiger partial charge in [0.05, 0.1) is 16.7 Å². The van der Waals surface area contributed by atoms with E-state index in [0.717, 1.165) is 12.3 Å². The maximum Gasteiger partial charge on any atom is 0.329 e. The summed E-state index contributed by atoms with van der Waals surface area (Å²) in [6.07, 6.45) is 2.23. The van der Waals surface area contributed by atoms with Gasteiger partial charge in [-0.1, -0.05) is 26.7 Å². The number of nitrogens with zero attached hydrogens (tertiary/aromatic N) is 2. The monoisotopic (exact) mass is 338 g/mol. The molecule has 0 aliphatic heterocycles. The summed E-state index contributed by atoms with van der Waals surface area (Å²) in [6.45, 7) is 5.36. The Labute approximate surface area is 140 Å². The number of ether oxygens (including phenoxy) is 1. The quantitative estimate of drug-likeness (QED) is 0.318. The normalized spacial score (nSPS) is 14.5. The zero-order valence-electron chi connectivity index (χ0n) is 14.0. The lowest BCUT2D eigenvalue weighted by atomic mass is 9.79. The van der Waals surface area contributed by atoms with Crippen LogP contribution in [0.4, 0.5) is 5.69 Å². The summed E-state index contributed by atoms with van der Waals surface area (Å²) in [6, 6.07) is 2.35.